The van der Waals surface area contributed by atoms with E-state index in [4.69, 9.17) is 5.11 Å². The maximum absolute atomic E-state index is 12.6. The smallest absolute Gasteiger partial charge is 0.391 e. The SMILES string of the molecule is CN(CCC(=O)O)CC1CCCC(C(F)(F)F)C1. The standard InChI is InChI=1S/C12H20F3NO2/c1-16(6-5-11(17)18)8-9-3-2-4-10(7-9)12(13,14)15/h9-10H,2-8H2,1H3,(H,17,18). The number of carbonyl (C=O) groups is 1. The molecule has 2 unspecified atom stereocenters. The van der Waals surface area contributed by atoms with Crippen LogP contribution in [0.1, 0.15) is 32.1 Å². The summed E-state index contributed by atoms with van der Waals surface area (Å²) in [5.74, 6) is -2.02. The Morgan fingerprint density at radius 2 is 2.06 bits per heavy atom. The van der Waals surface area contributed by atoms with Crippen LogP contribution >= 0.6 is 0 Å². The average Bonchev–Trinajstić information content (AvgIpc) is 2.25. The lowest BCUT2D eigenvalue weighted by atomic mass is 9.81. The van der Waals surface area contributed by atoms with Gasteiger partial charge >= 0.3 is 12.1 Å². The van der Waals surface area contributed by atoms with Crippen molar-refractivity contribution in [1.29, 1.82) is 0 Å². The van der Waals surface area contributed by atoms with Gasteiger partial charge in [-0.3, -0.25) is 4.79 Å². The molecule has 18 heavy (non-hydrogen) atoms. The molecule has 106 valence electrons. The molecule has 0 aromatic carbocycles. The number of rotatable bonds is 5. The molecule has 0 bridgehead atoms. The van der Waals surface area contributed by atoms with Gasteiger partial charge in [-0.15, -0.1) is 0 Å². The van der Waals surface area contributed by atoms with E-state index in [-0.39, 0.29) is 25.2 Å². The topological polar surface area (TPSA) is 40.5 Å². The van der Waals surface area contributed by atoms with Crippen LogP contribution in [-0.4, -0.2) is 42.3 Å². The lowest BCUT2D eigenvalue weighted by Crippen LogP contribution is -2.34. The van der Waals surface area contributed by atoms with E-state index < -0.39 is 18.1 Å². The molecule has 2 atom stereocenters. The van der Waals surface area contributed by atoms with Gasteiger partial charge in [0.15, 0.2) is 0 Å². The summed E-state index contributed by atoms with van der Waals surface area (Å²) in [6.07, 6.45) is -2.21. The first-order valence-corrected chi connectivity index (χ1v) is 6.26. The third-order valence-electron chi connectivity index (χ3n) is 3.52. The monoisotopic (exact) mass is 267 g/mol. The summed E-state index contributed by atoms with van der Waals surface area (Å²) in [7, 11) is 1.76. The summed E-state index contributed by atoms with van der Waals surface area (Å²) < 4.78 is 37.8. The van der Waals surface area contributed by atoms with Gasteiger partial charge in [-0.25, -0.2) is 0 Å². The molecule has 3 nitrogen and oxygen atoms in total. The van der Waals surface area contributed by atoms with Crippen LogP contribution in [0.15, 0.2) is 0 Å². The Balaban J connectivity index is 2.36. The van der Waals surface area contributed by atoms with E-state index in [0.29, 0.717) is 19.5 Å². The number of hydrogen-bond donors (Lipinski definition) is 1. The zero-order valence-electron chi connectivity index (χ0n) is 10.5. The number of halogens is 3. The molecule has 0 aromatic rings. The van der Waals surface area contributed by atoms with Crippen LogP contribution in [0.5, 0.6) is 0 Å². The number of nitrogens with zero attached hydrogens (tertiary/aromatic N) is 1. The average molecular weight is 267 g/mol. The Labute approximate surface area is 105 Å². The third-order valence-corrected chi connectivity index (χ3v) is 3.52. The van der Waals surface area contributed by atoms with E-state index in [2.05, 4.69) is 0 Å². The van der Waals surface area contributed by atoms with Crippen LogP contribution in [-0.2, 0) is 4.79 Å². The minimum Gasteiger partial charge on any atom is -0.481 e. The molecule has 0 saturated heterocycles. The first-order chi connectivity index (χ1) is 8.29. The van der Waals surface area contributed by atoms with Crippen molar-refractivity contribution in [3.8, 4) is 0 Å². The Hall–Kier alpha value is -0.780. The van der Waals surface area contributed by atoms with E-state index >= 15 is 0 Å². The summed E-state index contributed by atoms with van der Waals surface area (Å²) in [5, 5.41) is 8.54. The lowest BCUT2D eigenvalue weighted by Gasteiger charge is -2.32. The van der Waals surface area contributed by atoms with E-state index in [1.165, 1.54) is 0 Å². The summed E-state index contributed by atoms with van der Waals surface area (Å²) in [5.41, 5.74) is 0. The molecule has 1 N–H and O–H groups in total. The van der Waals surface area contributed by atoms with E-state index in [1.807, 2.05) is 4.90 Å². The van der Waals surface area contributed by atoms with E-state index in [1.54, 1.807) is 7.05 Å². The summed E-state index contributed by atoms with van der Waals surface area (Å²) in [4.78, 5) is 12.2. The highest BCUT2D eigenvalue weighted by Gasteiger charge is 2.42. The summed E-state index contributed by atoms with van der Waals surface area (Å²) >= 11 is 0. The number of hydrogen-bond acceptors (Lipinski definition) is 2. The summed E-state index contributed by atoms with van der Waals surface area (Å²) in [6.45, 7) is 0.947. The molecule has 0 spiro atoms. The van der Waals surface area contributed by atoms with Crippen molar-refractivity contribution in [1.82, 2.24) is 4.90 Å². The molecule has 0 radical (unpaired) electrons. The molecule has 0 heterocycles. The second-order valence-electron chi connectivity index (χ2n) is 5.18. The number of aliphatic carboxylic acids is 1. The van der Waals surface area contributed by atoms with Crippen molar-refractivity contribution in [2.75, 3.05) is 20.1 Å². The van der Waals surface area contributed by atoms with Gasteiger partial charge in [-0.1, -0.05) is 6.42 Å². The molecule has 1 aliphatic rings. The Morgan fingerprint density at radius 3 is 2.61 bits per heavy atom. The van der Waals surface area contributed by atoms with Crippen molar-refractivity contribution < 1.29 is 23.1 Å². The number of carboxylic acid groups (broad SMARTS) is 1. The maximum atomic E-state index is 12.6. The highest BCUT2D eigenvalue weighted by Crippen LogP contribution is 2.39. The Morgan fingerprint density at radius 1 is 1.39 bits per heavy atom. The first kappa shape index (κ1) is 15.3. The van der Waals surface area contributed by atoms with Crippen LogP contribution in [0.3, 0.4) is 0 Å². The molecule has 6 heteroatoms. The van der Waals surface area contributed by atoms with Gasteiger partial charge in [-0.05, 0) is 32.2 Å². The molecule has 0 amide bonds. The van der Waals surface area contributed by atoms with Crippen LogP contribution in [0.4, 0.5) is 13.2 Å². The van der Waals surface area contributed by atoms with Gasteiger partial charge in [0.2, 0.25) is 0 Å². The predicted molar refractivity (Wildman–Crippen MR) is 61.3 cm³/mol. The predicted octanol–water partition coefficient (Wildman–Crippen LogP) is 2.76. The second-order valence-corrected chi connectivity index (χ2v) is 5.18. The van der Waals surface area contributed by atoms with Gasteiger partial charge in [-0.2, -0.15) is 13.2 Å². The van der Waals surface area contributed by atoms with Gasteiger partial charge in [0, 0.05) is 13.1 Å². The molecular formula is C12H20F3NO2. The Bertz CT molecular complexity index is 281. The van der Waals surface area contributed by atoms with Crippen LogP contribution in [0, 0.1) is 11.8 Å². The van der Waals surface area contributed by atoms with Crippen LogP contribution in [0.2, 0.25) is 0 Å². The summed E-state index contributed by atoms with van der Waals surface area (Å²) in [6, 6.07) is 0. The van der Waals surface area contributed by atoms with Gasteiger partial charge in [0.05, 0.1) is 12.3 Å². The second kappa shape index (κ2) is 6.41. The normalized spacial score (nSPS) is 25.4. The lowest BCUT2D eigenvalue weighted by molar-refractivity contribution is -0.186. The van der Waals surface area contributed by atoms with E-state index in [0.717, 1.165) is 6.42 Å². The fourth-order valence-corrected chi connectivity index (χ4v) is 2.57. The zero-order valence-corrected chi connectivity index (χ0v) is 10.5. The fourth-order valence-electron chi connectivity index (χ4n) is 2.57. The highest BCUT2D eigenvalue weighted by atomic mass is 19.4. The first-order valence-electron chi connectivity index (χ1n) is 6.26. The Kier molecular flexibility index (Phi) is 5.44. The molecule has 1 saturated carbocycles. The molecular weight excluding hydrogens is 247 g/mol. The molecule has 1 rings (SSSR count). The molecule has 0 aromatic heterocycles. The minimum absolute atomic E-state index is 0.0316. The van der Waals surface area contributed by atoms with Gasteiger partial charge in [0.1, 0.15) is 0 Å². The van der Waals surface area contributed by atoms with Gasteiger partial charge in [0.25, 0.3) is 0 Å². The van der Waals surface area contributed by atoms with Crippen LogP contribution < -0.4 is 0 Å². The molecule has 1 aliphatic carbocycles. The van der Waals surface area contributed by atoms with Crippen molar-refractivity contribution in [2.45, 2.75) is 38.3 Å². The van der Waals surface area contributed by atoms with Crippen molar-refractivity contribution >= 4 is 5.97 Å². The largest absolute Gasteiger partial charge is 0.481 e. The molecule has 0 aliphatic heterocycles. The van der Waals surface area contributed by atoms with Crippen molar-refractivity contribution in [3.63, 3.8) is 0 Å². The highest BCUT2D eigenvalue weighted by molar-refractivity contribution is 5.66. The fraction of sp³-hybridized carbons (Fsp3) is 0.917. The van der Waals surface area contributed by atoms with E-state index in [9.17, 15) is 18.0 Å². The minimum atomic E-state index is -4.09. The number of alkyl halides is 3. The van der Waals surface area contributed by atoms with Gasteiger partial charge < -0.3 is 10.0 Å². The number of carboxylic acids is 1. The third kappa shape index (κ3) is 5.25. The van der Waals surface area contributed by atoms with Crippen LogP contribution in [0.25, 0.3) is 0 Å². The zero-order chi connectivity index (χ0) is 13.8. The molecule has 1 fully saturated rings. The quantitative estimate of drug-likeness (QED) is 0.832. The maximum Gasteiger partial charge on any atom is 0.391 e. The van der Waals surface area contributed by atoms with Crippen molar-refractivity contribution in [3.05, 3.63) is 0 Å². The van der Waals surface area contributed by atoms with Crippen molar-refractivity contribution in [2.24, 2.45) is 11.8 Å².